The molecule has 96 valence electrons. The van der Waals surface area contributed by atoms with Crippen LogP contribution >= 0.6 is 0 Å². The molecular formula is C14H16O4. The third-order valence-electron chi connectivity index (χ3n) is 2.74. The van der Waals surface area contributed by atoms with Crippen molar-refractivity contribution >= 4 is 11.9 Å². The number of allylic oxidation sites excluding steroid dienone is 6. The van der Waals surface area contributed by atoms with Gasteiger partial charge < -0.3 is 9.47 Å². The van der Waals surface area contributed by atoms with E-state index in [1.54, 1.807) is 19.9 Å². The molecule has 0 saturated carbocycles. The Balaban J connectivity index is 1.95. The van der Waals surface area contributed by atoms with Gasteiger partial charge in [-0.1, -0.05) is 30.4 Å². The molecule has 4 nitrogen and oxygen atoms in total. The van der Waals surface area contributed by atoms with Crippen molar-refractivity contribution in [2.45, 2.75) is 32.5 Å². The van der Waals surface area contributed by atoms with Crippen LogP contribution in [-0.4, -0.2) is 17.7 Å². The minimum atomic E-state index is -1.15. The van der Waals surface area contributed by atoms with Crippen LogP contribution in [0.4, 0.5) is 0 Å². The highest BCUT2D eigenvalue weighted by Gasteiger charge is 2.42. The highest BCUT2D eigenvalue weighted by atomic mass is 16.7. The Hall–Kier alpha value is -1.84. The molecule has 2 aliphatic rings. The first-order valence-corrected chi connectivity index (χ1v) is 5.97. The maximum atomic E-state index is 11.7. The second-order valence-electron chi connectivity index (χ2n) is 4.77. The van der Waals surface area contributed by atoms with Gasteiger partial charge in [-0.3, -0.25) is 9.59 Å². The van der Waals surface area contributed by atoms with Gasteiger partial charge >= 0.3 is 11.9 Å². The average molecular weight is 248 g/mol. The van der Waals surface area contributed by atoms with Crippen LogP contribution in [0.1, 0.15) is 26.7 Å². The largest absolute Gasteiger partial charge is 0.422 e. The van der Waals surface area contributed by atoms with Crippen molar-refractivity contribution in [3.8, 4) is 0 Å². The topological polar surface area (TPSA) is 52.6 Å². The van der Waals surface area contributed by atoms with Gasteiger partial charge in [0, 0.05) is 13.8 Å². The van der Waals surface area contributed by atoms with Gasteiger partial charge in [0.2, 0.25) is 0 Å². The molecule has 0 aromatic rings. The summed E-state index contributed by atoms with van der Waals surface area (Å²) in [5.74, 6) is -3.03. The molecular weight excluding hydrogens is 232 g/mol. The number of ether oxygens (including phenoxy) is 2. The van der Waals surface area contributed by atoms with E-state index in [0.717, 1.165) is 12.0 Å². The van der Waals surface area contributed by atoms with Crippen LogP contribution in [0.5, 0.6) is 0 Å². The molecule has 0 N–H and O–H groups in total. The van der Waals surface area contributed by atoms with Crippen LogP contribution in [-0.2, 0) is 19.1 Å². The van der Waals surface area contributed by atoms with Gasteiger partial charge in [0.15, 0.2) is 5.92 Å². The quantitative estimate of drug-likeness (QED) is 0.568. The van der Waals surface area contributed by atoms with Crippen molar-refractivity contribution < 1.29 is 19.1 Å². The summed E-state index contributed by atoms with van der Waals surface area (Å²) >= 11 is 0. The fourth-order valence-electron chi connectivity index (χ4n) is 1.88. The maximum absolute atomic E-state index is 11.7. The summed E-state index contributed by atoms with van der Waals surface area (Å²) in [5, 5.41) is 0. The smallest absolute Gasteiger partial charge is 0.323 e. The average Bonchev–Trinajstić information content (AvgIpc) is 2.73. The Morgan fingerprint density at radius 3 is 2.56 bits per heavy atom. The summed E-state index contributed by atoms with van der Waals surface area (Å²) in [6.45, 7) is 3.09. The zero-order valence-corrected chi connectivity index (χ0v) is 10.5. The van der Waals surface area contributed by atoms with E-state index in [0.29, 0.717) is 6.42 Å². The van der Waals surface area contributed by atoms with Crippen molar-refractivity contribution in [3.05, 3.63) is 36.0 Å². The highest BCUT2D eigenvalue weighted by Crippen LogP contribution is 2.25. The van der Waals surface area contributed by atoms with Crippen LogP contribution in [0.15, 0.2) is 36.0 Å². The Bertz CT molecular complexity index is 434. The summed E-state index contributed by atoms with van der Waals surface area (Å²) in [4.78, 5) is 23.3. The first kappa shape index (κ1) is 12.6. The van der Waals surface area contributed by atoms with Crippen LogP contribution in [0.3, 0.4) is 0 Å². The van der Waals surface area contributed by atoms with E-state index in [4.69, 9.17) is 9.47 Å². The lowest BCUT2D eigenvalue weighted by Gasteiger charge is -2.32. The molecule has 0 atom stereocenters. The van der Waals surface area contributed by atoms with Crippen molar-refractivity contribution in [1.82, 2.24) is 0 Å². The van der Waals surface area contributed by atoms with Gasteiger partial charge in [-0.25, -0.2) is 0 Å². The maximum Gasteiger partial charge on any atom is 0.323 e. The minimum absolute atomic E-state index is 0.304. The van der Waals surface area contributed by atoms with Gasteiger partial charge in [-0.05, 0) is 18.4 Å². The van der Waals surface area contributed by atoms with Crippen molar-refractivity contribution in [2.24, 2.45) is 5.92 Å². The molecule has 0 bridgehead atoms. The zero-order chi connectivity index (χ0) is 13.2. The predicted molar refractivity (Wildman–Crippen MR) is 65.4 cm³/mol. The van der Waals surface area contributed by atoms with Gasteiger partial charge in [0.05, 0.1) is 0 Å². The number of cyclic esters (lactones) is 2. The normalized spacial score (nSPS) is 23.1. The first-order valence-electron chi connectivity index (χ1n) is 5.97. The van der Waals surface area contributed by atoms with E-state index in [-0.39, 0.29) is 0 Å². The molecule has 1 saturated heterocycles. The van der Waals surface area contributed by atoms with Gasteiger partial charge in [-0.15, -0.1) is 0 Å². The Morgan fingerprint density at radius 1 is 1.33 bits per heavy atom. The number of carbonyl (C=O) groups is 2. The third kappa shape index (κ3) is 2.88. The molecule has 0 spiro atoms. The molecule has 1 heterocycles. The monoisotopic (exact) mass is 248 g/mol. The van der Waals surface area contributed by atoms with Crippen molar-refractivity contribution in [2.75, 3.05) is 0 Å². The van der Waals surface area contributed by atoms with Gasteiger partial charge in [-0.2, -0.15) is 0 Å². The van der Waals surface area contributed by atoms with E-state index < -0.39 is 23.6 Å². The molecule has 0 aromatic carbocycles. The second-order valence-corrected chi connectivity index (χ2v) is 4.77. The number of esters is 2. The summed E-state index contributed by atoms with van der Waals surface area (Å²) in [6.07, 6.45) is 11.0. The number of carbonyl (C=O) groups excluding carboxylic acids is 2. The predicted octanol–water partition coefficient (Wildman–Crippen LogP) is 2.27. The molecule has 1 fully saturated rings. The number of hydrogen-bond acceptors (Lipinski definition) is 4. The van der Waals surface area contributed by atoms with Crippen molar-refractivity contribution in [3.63, 3.8) is 0 Å². The summed E-state index contributed by atoms with van der Waals surface area (Å²) in [6, 6.07) is 0. The van der Waals surface area contributed by atoms with Gasteiger partial charge in [0.25, 0.3) is 5.79 Å². The summed E-state index contributed by atoms with van der Waals surface area (Å²) in [5.41, 5.74) is 1.09. The van der Waals surface area contributed by atoms with Crippen LogP contribution in [0, 0.1) is 5.92 Å². The lowest BCUT2D eigenvalue weighted by Crippen LogP contribution is -2.46. The lowest BCUT2D eigenvalue weighted by atomic mass is 10.0. The molecule has 18 heavy (non-hydrogen) atoms. The van der Waals surface area contributed by atoms with E-state index in [2.05, 4.69) is 6.08 Å². The molecule has 4 heteroatoms. The third-order valence-corrected chi connectivity index (χ3v) is 2.74. The first-order chi connectivity index (χ1) is 8.48. The van der Waals surface area contributed by atoms with E-state index in [9.17, 15) is 9.59 Å². The zero-order valence-electron chi connectivity index (χ0n) is 10.5. The molecule has 1 aliphatic heterocycles. The Kier molecular flexibility index (Phi) is 3.36. The minimum Gasteiger partial charge on any atom is -0.422 e. The summed E-state index contributed by atoms with van der Waals surface area (Å²) in [7, 11) is 0. The molecule has 1 aliphatic carbocycles. The lowest BCUT2D eigenvalue weighted by molar-refractivity contribution is -0.239. The highest BCUT2D eigenvalue weighted by molar-refractivity contribution is 5.96. The summed E-state index contributed by atoms with van der Waals surface area (Å²) < 4.78 is 10.1. The van der Waals surface area contributed by atoms with E-state index in [1.165, 1.54) is 0 Å². The number of hydrogen-bond donors (Lipinski definition) is 0. The molecule has 0 aromatic heterocycles. The molecule has 0 radical (unpaired) electrons. The molecule has 0 amide bonds. The Morgan fingerprint density at radius 2 is 2.00 bits per heavy atom. The van der Waals surface area contributed by atoms with Crippen LogP contribution in [0.2, 0.25) is 0 Å². The van der Waals surface area contributed by atoms with E-state index >= 15 is 0 Å². The fourth-order valence-corrected chi connectivity index (χ4v) is 1.88. The number of rotatable bonds is 3. The second kappa shape index (κ2) is 4.80. The van der Waals surface area contributed by atoms with Gasteiger partial charge in [0.1, 0.15) is 0 Å². The fraction of sp³-hybridized carbons (Fsp3) is 0.429. The van der Waals surface area contributed by atoms with Crippen LogP contribution < -0.4 is 0 Å². The molecule has 0 unspecified atom stereocenters. The van der Waals surface area contributed by atoms with Crippen molar-refractivity contribution in [1.29, 1.82) is 0 Å². The Labute approximate surface area is 106 Å². The van der Waals surface area contributed by atoms with Crippen LogP contribution in [0.25, 0.3) is 0 Å². The molecule has 2 rings (SSSR count). The van der Waals surface area contributed by atoms with E-state index in [1.807, 2.05) is 18.2 Å². The SMILES string of the molecule is CC1(C)OC(=O)C(C/C=C/C2=CCC=C2)C(=O)O1. The standard InChI is InChI=1S/C14H16O4/c1-14(2)17-12(15)11(13(16)18-14)9-5-8-10-6-3-4-7-10/h3,5-8,11H,4,9H2,1-2H3/b8-5+.